The van der Waals surface area contributed by atoms with E-state index < -0.39 is 17.1 Å². The Bertz CT molecular complexity index is 1070. The summed E-state index contributed by atoms with van der Waals surface area (Å²) in [5, 5.41) is 0. The first-order chi connectivity index (χ1) is 13.3. The Hall–Kier alpha value is -2.55. The number of nitrogens with two attached hydrogens (primary N) is 2. The van der Waals surface area contributed by atoms with Crippen LogP contribution in [0, 0.1) is 18.7 Å². The lowest BCUT2D eigenvalue weighted by molar-refractivity contribution is 0.411. The van der Waals surface area contributed by atoms with Crippen LogP contribution < -0.4 is 32.5 Å². The summed E-state index contributed by atoms with van der Waals surface area (Å²) < 4.78 is 22.8. The summed E-state index contributed by atoms with van der Waals surface area (Å²) in [6.45, 7) is 4.69. The molecule has 0 spiro atoms. The van der Waals surface area contributed by atoms with E-state index in [0.29, 0.717) is 34.5 Å². The number of hydrogen-bond donors (Lipinski definition) is 2. The highest BCUT2D eigenvalue weighted by Crippen LogP contribution is 2.46. The van der Waals surface area contributed by atoms with Crippen molar-refractivity contribution in [1.29, 1.82) is 0 Å². The van der Waals surface area contributed by atoms with Crippen LogP contribution in [0.25, 0.3) is 5.52 Å². The fraction of sp³-hybridized carbons (Fsp3) is 0.579. The zero-order chi connectivity index (χ0) is 20.3. The number of fused-ring (bicyclic) bond motifs is 1. The van der Waals surface area contributed by atoms with Gasteiger partial charge in [-0.15, -0.1) is 0 Å². The predicted molar refractivity (Wildman–Crippen MR) is 105 cm³/mol. The molecule has 4 N–H and O–H groups in total. The van der Waals surface area contributed by atoms with Crippen molar-refractivity contribution in [3.8, 4) is 5.75 Å². The van der Waals surface area contributed by atoms with E-state index >= 15 is 4.39 Å². The summed E-state index contributed by atoms with van der Waals surface area (Å²) >= 11 is 0. The molecule has 4 rings (SSSR count). The van der Waals surface area contributed by atoms with Crippen LogP contribution in [0.2, 0.25) is 0 Å². The first kappa shape index (κ1) is 18.8. The quantitative estimate of drug-likeness (QED) is 0.742. The van der Waals surface area contributed by atoms with Gasteiger partial charge in [0.25, 0.3) is 5.56 Å². The average molecular weight is 391 g/mol. The second-order valence-electron chi connectivity index (χ2n) is 7.96. The fourth-order valence-electron chi connectivity index (χ4n) is 4.29. The Kier molecular flexibility index (Phi) is 4.37. The van der Waals surface area contributed by atoms with Crippen molar-refractivity contribution in [2.75, 3.05) is 30.9 Å². The molecule has 0 aromatic carbocycles. The number of pyridine rings is 1. The number of methoxy groups -OCH3 is 1. The Labute approximate surface area is 161 Å². The molecule has 0 radical (unpaired) electrons. The molecule has 1 saturated heterocycles. The van der Waals surface area contributed by atoms with Crippen LogP contribution in [-0.2, 0) is 0 Å². The van der Waals surface area contributed by atoms with Gasteiger partial charge in [0.1, 0.15) is 11.2 Å². The number of nitrogens with zero attached hydrogens (tertiary/aromatic N) is 3. The molecule has 2 aromatic rings. The van der Waals surface area contributed by atoms with Gasteiger partial charge in [-0.1, -0.05) is 0 Å². The lowest BCUT2D eigenvalue weighted by Crippen LogP contribution is -2.45. The van der Waals surface area contributed by atoms with Crippen molar-refractivity contribution >= 4 is 11.2 Å². The molecule has 2 aromatic heterocycles. The molecule has 152 valence electrons. The number of rotatable bonds is 4. The summed E-state index contributed by atoms with van der Waals surface area (Å²) in [5.41, 5.74) is 5.88. The molecule has 1 aliphatic heterocycles. The molecule has 2 unspecified atom stereocenters. The lowest BCUT2D eigenvalue weighted by Gasteiger charge is -2.26. The van der Waals surface area contributed by atoms with E-state index in [1.807, 2.05) is 11.8 Å². The van der Waals surface area contributed by atoms with Crippen LogP contribution in [0.15, 0.2) is 9.59 Å². The summed E-state index contributed by atoms with van der Waals surface area (Å²) in [6, 6.07) is -0.00491. The first-order valence-electron chi connectivity index (χ1n) is 9.61. The Morgan fingerprint density at radius 1 is 1.25 bits per heavy atom. The molecule has 1 saturated carbocycles. The third-order valence-electron chi connectivity index (χ3n) is 6.09. The van der Waals surface area contributed by atoms with E-state index in [2.05, 4.69) is 0 Å². The molecule has 0 bridgehead atoms. The highest BCUT2D eigenvalue weighted by Gasteiger charge is 2.36. The van der Waals surface area contributed by atoms with Gasteiger partial charge in [-0.25, -0.2) is 9.18 Å². The highest BCUT2D eigenvalue weighted by molar-refractivity contribution is 5.79. The van der Waals surface area contributed by atoms with E-state index in [1.165, 1.54) is 18.4 Å². The average Bonchev–Trinajstić information content (AvgIpc) is 3.37. The van der Waals surface area contributed by atoms with Crippen molar-refractivity contribution in [2.45, 2.75) is 45.1 Å². The number of ether oxygens (including phenoxy) is 1. The summed E-state index contributed by atoms with van der Waals surface area (Å²) in [4.78, 5) is 27.4. The van der Waals surface area contributed by atoms with E-state index in [4.69, 9.17) is 16.3 Å². The van der Waals surface area contributed by atoms with Gasteiger partial charge >= 0.3 is 5.69 Å². The van der Waals surface area contributed by atoms with E-state index in [9.17, 15) is 9.59 Å². The summed E-state index contributed by atoms with van der Waals surface area (Å²) in [7, 11) is 1.43. The largest absolute Gasteiger partial charge is 0.492 e. The van der Waals surface area contributed by atoms with Crippen molar-refractivity contribution in [1.82, 2.24) is 9.08 Å². The van der Waals surface area contributed by atoms with Gasteiger partial charge in [0.2, 0.25) is 0 Å². The molecule has 28 heavy (non-hydrogen) atoms. The van der Waals surface area contributed by atoms with E-state index in [0.717, 1.165) is 19.3 Å². The lowest BCUT2D eigenvalue weighted by atomic mass is 10.0. The molecule has 9 heteroatoms. The molecule has 2 aliphatic rings. The van der Waals surface area contributed by atoms with Crippen LogP contribution in [0.1, 0.15) is 43.4 Å². The van der Waals surface area contributed by atoms with Gasteiger partial charge in [0.05, 0.1) is 18.4 Å². The van der Waals surface area contributed by atoms with Gasteiger partial charge in [0.15, 0.2) is 11.6 Å². The number of hydrogen-bond acceptors (Lipinski definition) is 6. The van der Waals surface area contributed by atoms with Crippen LogP contribution in [0.3, 0.4) is 0 Å². The molecule has 0 amide bonds. The van der Waals surface area contributed by atoms with Gasteiger partial charge in [-0.05, 0) is 44.9 Å². The molecular weight excluding hydrogens is 365 g/mol. The van der Waals surface area contributed by atoms with Gasteiger partial charge in [-0.2, -0.15) is 4.68 Å². The van der Waals surface area contributed by atoms with Crippen molar-refractivity contribution in [2.24, 2.45) is 11.7 Å². The van der Waals surface area contributed by atoms with Crippen molar-refractivity contribution < 1.29 is 9.13 Å². The minimum Gasteiger partial charge on any atom is -0.492 e. The normalized spacial score (nSPS) is 20.8. The minimum absolute atomic E-state index is 0.0000909. The highest BCUT2D eigenvalue weighted by atomic mass is 19.1. The Morgan fingerprint density at radius 3 is 2.46 bits per heavy atom. The van der Waals surface area contributed by atoms with Gasteiger partial charge in [-0.3, -0.25) is 9.20 Å². The summed E-state index contributed by atoms with van der Waals surface area (Å²) in [6.07, 6.45) is 2.50. The smallest absolute Gasteiger partial charge is 0.354 e. The molecule has 1 aliphatic carbocycles. The second kappa shape index (κ2) is 6.51. The molecular formula is C19H26FN5O3. The van der Waals surface area contributed by atoms with Gasteiger partial charge < -0.3 is 21.2 Å². The zero-order valence-electron chi connectivity index (χ0n) is 16.4. The standard InChI is InChI=1S/C19H26FN5O3/c1-9(21)12-6-7-23(8-12)16-14(20)10(2)24-15(17(16)28-3)13(11-4-5-11)18(26)25(22)19(24)27/h9,11-12H,4-8,21-22H2,1-3H3. The van der Waals surface area contributed by atoms with Crippen LogP contribution in [0.5, 0.6) is 5.75 Å². The van der Waals surface area contributed by atoms with Crippen LogP contribution in [-0.4, -0.2) is 35.3 Å². The molecule has 8 nitrogen and oxygen atoms in total. The maximum Gasteiger partial charge on any atom is 0.354 e. The van der Waals surface area contributed by atoms with Crippen molar-refractivity contribution in [3.63, 3.8) is 0 Å². The number of halogens is 1. The maximum absolute atomic E-state index is 15.5. The zero-order valence-corrected chi connectivity index (χ0v) is 16.4. The monoisotopic (exact) mass is 391 g/mol. The SMILES string of the molecule is COc1c(N2CCC(C(C)N)C2)c(F)c(C)n2c(=O)n(N)c(=O)c(C3CC3)c12. The van der Waals surface area contributed by atoms with Crippen molar-refractivity contribution in [3.05, 3.63) is 37.9 Å². The molecule has 3 heterocycles. The fourth-order valence-corrected chi connectivity index (χ4v) is 4.29. The number of nitrogen functional groups attached to an aromatic ring is 1. The third-order valence-corrected chi connectivity index (χ3v) is 6.09. The molecule has 2 fully saturated rings. The van der Waals surface area contributed by atoms with E-state index in [1.54, 1.807) is 0 Å². The predicted octanol–water partition coefficient (Wildman–Crippen LogP) is 0.682. The second-order valence-corrected chi connectivity index (χ2v) is 7.96. The Balaban J connectivity index is 2.07. The number of anilines is 1. The van der Waals surface area contributed by atoms with Crippen LogP contribution >= 0.6 is 0 Å². The number of aryl methyl sites for hydroxylation is 1. The Morgan fingerprint density at radius 2 is 1.93 bits per heavy atom. The first-order valence-corrected chi connectivity index (χ1v) is 9.61. The topological polar surface area (TPSA) is 108 Å². The maximum atomic E-state index is 15.5. The third kappa shape index (κ3) is 2.60. The molecule has 2 atom stereocenters. The number of aromatic nitrogens is 2. The summed E-state index contributed by atoms with van der Waals surface area (Å²) in [5.74, 6) is 5.63. The van der Waals surface area contributed by atoms with E-state index in [-0.39, 0.29) is 29.3 Å². The minimum atomic E-state index is -0.777. The van der Waals surface area contributed by atoms with Gasteiger partial charge in [0, 0.05) is 19.1 Å². The van der Waals surface area contributed by atoms with Crippen LogP contribution in [0.4, 0.5) is 10.1 Å².